The van der Waals surface area contributed by atoms with E-state index in [-0.39, 0.29) is 19.5 Å². The molecule has 0 aromatic heterocycles. The van der Waals surface area contributed by atoms with Crippen molar-refractivity contribution in [2.45, 2.75) is 25.6 Å². The van der Waals surface area contributed by atoms with Gasteiger partial charge >= 0.3 is 12.3 Å². The monoisotopic (exact) mass is 410 g/mol. The number of benzene rings is 1. The van der Waals surface area contributed by atoms with Crippen LogP contribution in [0, 0.1) is 0 Å². The Morgan fingerprint density at radius 2 is 1.93 bits per heavy atom. The van der Waals surface area contributed by atoms with Crippen LogP contribution >= 0.6 is 11.6 Å². The van der Waals surface area contributed by atoms with Crippen LogP contribution in [-0.2, 0) is 16.1 Å². The first-order valence-electron chi connectivity index (χ1n) is 8.07. The number of halogens is 4. The highest BCUT2D eigenvalue weighted by molar-refractivity contribution is 6.32. The van der Waals surface area contributed by atoms with E-state index in [4.69, 9.17) is 21.1 Å². The lowest BCUT2D eigenvalue weighted by Gasteiger charge is -2.12. The summed E-state index contributed by atoms with van der Waals surface area (Å²) >= 11 is 6.16. The fourth-order valence-electron chi connectivity index (χ4n) is 2.15. The van der Waals surface area contributed by atoms with E-state index in [9.17, 15) is 22.8 Å². The molecule has 7 nitrogen and oxygen atoms in total. The maximum absolute atomic E-state index is 11.9. The van der Waals surface area contributed by atoms with Gasteiger partial charge in [0.2, 0.25) is 5.91 Å². The quantitative estimate of drug-likeness (QED) is 0.753. The number of alkyl carbamates (subject to hydrolysis) is 1. The highest BCUT2D eigenvalue weighted by Gasteiger charge is 2.29. The van der Waals surface area contributed by atoms with E-state index >= 15 is 0 Å². The predicted molar refractivity (Wildman–Crippen MR) is 88.9 cm³/mol. The van der Waals surface area contributed by atoms with Crippen molar-refractivity contribution in [2.75, 3.05) is 26.4 Å². The molecule has 2 rings (SSSR count). The lowest BCUT2D eigenvalue weighted by molar-refractivity contribution is -0.160. The minimum Gasteiger partial charge on any atom is -0.489 e. The Hall–Kier alpha value is -2.36. The molecule has 1 aliphatic rings. The summed E-state index contributed by atoms with van der Waals surface area (Å²) in [6.07, 6.45) is -5.23. The van der Waals surface area contributed by atoms with Crippen molar-refractivity contribution in [1.82, 2.24) is 10.6 Å². The molecule has 0 bridgehead atoms. The van der Waals surface area contributed by atoms with Gasteiger partial charge in [-0.15, -0.1) is 0 Å². The van der Waals surface area contributed by atoms with E-state index in [0.717, 1.165) is 6.42 Å². The first-order chi connectivity index (χ1) is 12.7. The van der Waals surface area contributed by atoms with Gasteiger partial charge < -0.3 is 24.8 Å². The summed E-state index contributed by atoms with van der Waals surface area (Å²) in [4.78, 5) is 22.8. The Bertz CT molecular complexity index is 685. The van der Waals surface area contributed by atoms with Gasteiger partial charge in [-0.1, -0.05) is 11.6 Å². The molecule has 2 N–H and O–H groups in total. The number of carbonyl (C=O) groups is 2. The second-order valence-corrected chi connectivity index (χ2v) is 6.01. The van der Waals surface area contributed by atoms with Crippen molar-refractivity contribution in [3.8, 4) is 11.5 Å². The maximum atomic E-state index is 11.9. The molecule has 0 radical (unpaired) electrons. The highest BCUT2D eigenvalue weighted by Crippen LogP contribution is 2.37. The minimum atomic E-state index is -4.60. The smallest absolute Gasteiger partial charge is 0.422 e. The van der Waals surface area contributed by atoms with Crippen molar-refractivity contribution in [2.24, 2.45) is 0 Å². The summed E-state index contributed by atoms with van der Waals surface area (Å²) in [6.45, 7) is -0.690. The highest BCUT2D eigenvalue weighted by atomic mass is 35.5. The number of fused-ring (bicyclic) bond motifs is 1. The third-order valence-electron chi connectivity index (χ3n) is 3.34. The van der Waals surface area contributed by atoms with Crippen LogP contribution in [0.3, 0.4) is 0 Å². The average molecular weight is 411 g/mol. The van der Waals surface area contributed by atoms with E-state index in [0.29, 0.717) is 35.3 Å². The first kappa shape index (κ1) is 20.9. The molecule has 11 heteroatoms. The molecule has 27 heavy (non-hydrogen) atoms. The summed E-state index contributed by atoms with van der Waals surface area (Å²) in [5.74, 6) is 0.554. The van der Waals surface area contributed by atoms with Crippen LogP contribution in [0.15, 0.2) is 12.1 Å². The van der Waals surface area contributed by atoms with Crippen LogP contribution in [0.5, 0.6) is 11.5 Å². The maximum Gasteiger partial charge on any atom is 0.422 e. The van der Waals surface area contributed by atoms with Gasteiger partial charge in [0.1, 0.15) is 0 Å². The van der Waals surface area contributed by atoms with E-state index in [1.165, 1.54) is 0 Å². The summed E-state index contributed by atoms with van der Waals surface area (Å²) in [5.41, 5.74) is 0.690. The Kier molecular flexibility index (Phi) is 7.40. The zero-order chi connectivity index (χ0) is 19.9. The Labute approximate surface area is 158 Å². The van der Waals surface area contributed by atoms with Crippen LogP contribution in [0.1, 0.15) is 18.4 Å². The molecule has 0 unspecified atom stereocenters. The second kappa shape index (κ2) is 9.54. The van der Waals surface area contributed by atoms with Gasteiger partial charge in [0.25, 0.3) is 0 Å². The molecular formula is C16H18ClF3N2O5. The van der Waals surface area contributed by atoms with Crippen molar-refractivity contribution < 1.29 is 37.0 Å². The lowest BCUT2D eigenvalue weighted by atomic mass is 10.2. The average Bonchev–Trinajstić information content (AvgIpc) is 2.83. The van der Waals surface area contributed by atoms with Gasteiger partial charge in [0, 0.05) is 25.9 Å². The molecule has 0 fully saturated rings. The van der Waals surface area contributed by atoms with Crippen molar-refractivity contribution in [1.29, 1.82) is 0 Å². The van der Waals surface area contributed by atoms with Gasteiger partial charge in [-0.3, -0.25) is 4.79 Å². The van der Waals surface area contributed by atoms with Crippen LogP contribution in [0.25, 0.3) is 0 Å². The Morgan fingerprint density at radius 3 is 2.67 bits per heavy atom. The molecule has 1 aromatic carbocycles. The number of carbonyl (C=O) groups excluding carboxylic acids is 2. The van der Waals surface area contributed by atoms with Gasteiger partial charge in [-0.05, 0) is 17.7 Å². The topological polar surface area (TPSA) is 85.9 Å². The molecule has 1 aliphatic heterocycles. The number of ether oxygens (including phenoxy) is 3. The standard InChI is InChI=1S/C16H18ClF3N2O5/c17-11-6-10(7-12-14(11)26-5-1-4-25-12)8-22-13(23)2-3-21-15(24)27-9-16(18,19)20/h6-7H,1-5,8-9H2,(H,21,24)(H,22,23). The van der Waals surface area contributed by atoms with Crippen LogP contribution in [0.2, 0.25) is 5.02 Å². The largest absolute Gasteiger partial charge is 0.489 e. The third kappa shape index (κ3) is 7.41. The van der Waals surface area contributed by atoms with Crippen molar-refractivity contribution >= 4 is 23.6 Å². The van der Waals surface area contributed by atoms with Gasteiger partial charge in [-0.25, -0.2) is 4.79 Å². The molecule has 0 saturated carbocycles. The summed E-state index contributed by atoms with van der Waals surface area (Å²) in [7, 11) is 0. The summed E-state index contributed by atoms with van der Waals surface area (Å²) < 4.78 is 50.7. The minimum absolute atomic E-state index is 0.126. The second-order valence-electron chi connectivity index (χ2n) is 5.60. The summed E-state index contributed by atoms with van der Waals surface area (Å²) in [6, 6.07) is 3.35. The molecule has 150 valence electrons. The normalized spacial score (nSPS) is 13.5. The van der Waals surface area contributed by atoms with Crippen LogP contribution in [0.4, 0.5) is 18.0 Å². The molecule has 0 spiro atoms. The predicted octanol–water partition coefficient (Wildman–Crippen LogP) is 2.80. The molecule has 0 atom stereocenters. The lowest BCUT2D eigenvalue weighted by Crippen LogP contribution is -2.32. The molecule has 0 aliphatic carbocycles. The fraction of sp³-hybridized carbons (Fsp3) is 0.500. The number of nitrogens with one attached hydrogen (secondary N) is 2. The Morgan fingerprint density at radius 1 is 1.19 bits per heavy atom. The van der Waals surface area contributed by atoms with Crippen molar-refractivity contribution in [3.05, 3.63) is 22.7 Å². The van der Waals surface area contributed by atoms with Crippen LogP contribution < -0.4 is 20.1 Å². The SMILES string of the molecule is O=C(CCNC(=O)OCC(F)(F)F)NCc1cc(Cl)c2c(c1)OCCCO2. The first-order valence-corrected chi connectivity index (χ1v) is 8.44. The van der Waals surface area contributed by atoms with Gasteiger partial charge in [-0.2, -0.15) is 13.2 Å². The number of rotatable bonds is 6. The fourth-order valence-corrected chi connectivity index (χ4v) is 2.44. The summed E-state index contributed by atoms with van der Waals surface area (Å²) in [5, 5.41) is 5.04. The number of amides is 2. The molecule has 1 heterocycles. The van der Waals surface area contributed by atoms with E-state index < -0.39 is 24.8 Å². The van der Waals surface area contributed by atoms with Gasteiger partial charge in [0.05, 0.1) is 18.2 Å². The molecule has 1 aromatic rings. The van der Waals surface area contributed by atoms with Crippen molar-refractivity contribution in [3.63, 3.8) is 0 Å². The Balaban J connectivity index is 1.73. The zero-order valence-electron chi connectivity index (χ0n) is 14.2. The van der Waals surface area contributed by atoms with E-state index in [1.54, 1.807) is 12.1 Å². The van der Waals surface area contributed by atoms with Gasteiger partial charge in [0.15, 0.2) is 18.1 Å². The number of hydrogen-bond acceptors (Lipinski definition) is 5. The molecular weight excluding hydrogens is 393 g/mol. The van der Waals surface area contributed by atoms with Crippen LogP contribution in [-0.4, -0.2) is 44.5 Å². The number of hydrogen-bond donors (Lipinski definition) is 2. The van der Waals surface area contributed by atoms with E-state index in [1.807, 2.05) is 0 Å². The molecule has 0 saturated heterocycles. The number of alkyl halides is 3. The zero-order valence-corrected chi connectivity index (χ0v) is 14.9. The van der Waals surface area contributed by atoms with E-state index in [2.05, 4.69) is 15.4 Å². The third-order valence-corrected chi connectivity index (χ3v) is 3.62. The molecule has 2 amide bonds.